The van der Waals surface area contributed by atoms with Crippen molar-refractivity contribution in [3.63, 3.8) is 0 Å². The molecule has 1 aromatic rings. The van der Waals surface area contributed by atoms with E-state index in [-0.39, 0.29) is 17.8 Å². The zero-order valence-electron chi connectivity index (χ0n) is 11.3. The molecule has 2 unspecified atom stereocenters. The highest BCUT2D eigenvalue weighted by molar-refractivity contribution is 7.89. The van der Waals surface area contributed by atoms with Gasteiger partial charge < -0.3 is 5.32 Å². The molecule has 19 heavy (non-hydrogen) atoms. The SMILES string of the molecule is CCC(NS(=O)(=O)CC1CCCN1)c1ccccc1. The topological polar surface area (TPSA) is 58.2 Å². The predicted molar refractivity (Wildman–Crippen MR) is 77.4 cm³/mol. The Balaban J connectivity index is 2.00. The van der Waals surface area contributed by atoms with Crippen molar-refractivity contribution in [1.29, 1.82) is 0 Å². The van der Waals surface area contributed by atoms with Crippen LogP contribution in [0.25, 0.3) is 0 Å². The molecule has 0 aromatic heterocycles. The predicted octanol–water partition coefficient (Wildman–Crippen LogP) is 1.81. The lowest BCUT2D eigenvalue weighted by Gasteiger charge is -2.19. The fourth-order valence-corrected chi connectivity index (χ4v) is 4.15. The number of benzene rings is 1. The number of sulfonamides is 1. The summed E-state index contributed by atoms with van der Waals surface area (Å²) in [7, 11) is -3.24. The van der Waals surface area contributed by atoms with Crippen LogP contribution in [-0.2, 0) is 10.0 Å². The molecule has 5 heteroatoms. The lowest BCUT2D eigenvalue weighted by atomic mass is 10.1. The molecule has 0 amide bonds. The number of rotatable bonds is 6. The van der Waals surface area contributed by atoms with Gasteiger partial charge in [0.05, 0.1) is 5.75 Å². The van der Waals surface area contributed by atoms with Crippen molar-refractivity contribution in [3.05, 3.63) is 35.9 Å². The summed E-state index contributed by atoms with van der Waals surface area (Å²) in [6.45, 7) is 2.92. The monoisotopic (exact) mass is 282 g/mol. The maximum atomic E-state index is 12.2. The molecule has 0 aliphatic carbocycles. The summed E-state index contributed by atoms with van der Waals surface area (Å²) in [5.74, 6) is 0.177. The Bertz CT molecular complexity index is 481. The van der Waals surface area contributed by atoms with Crippen LogP contribution in [0.5, 0.6) is 0 Å². The van der Waals surface area contributed by atoms with Gasteiger partial charge in [0.2, 0.25) is 10.0 Å². The van der Waals surface area contributed by atoms with E-state index in [1.54, 1.807) is 0 Å². The van der Waals surface area contributed by atoms with Crippen LogP contribution in [0.3, 0.4) is 0 Å². The standard InChI is InChI=1S/C14H22N2O2S/c1-2-14(12-7-4-3-5-8-12)16-19(17,18)11-13-9-6-10-15-13/h3-5,7-8,13-16H,2,6,9-11H2,1H3. The van der Waals surface area contributed by atoms with Gasteiger partial charge in [0, 0.05) is 12.1 Å². The van der Waals surface area contributed by atoms with Crippen molar-refractivity contribution in [2.75, 3.05) is 12.3 Å². The van der Waals surface area contributed by atoms with Crippen LogP contribution >= 0.6 is 0 Å². The average molecular weight is 282 g/mol. The van der Waals surface area contributed by atoms with E-state index >= 15 is 0 Å². The molecule has 4 nitrogen and oxygen atoms in total. The summed E-state index contributed by atoms with van der Waals surface area (Å²) in [4.78, 5) is 0. The Kier molecular flexibility index (Phi) is 4.96. The van der Waals surface area contributed by atoms with E-state index in [1.165, 1.54) is 0 Å². The quantitative estimate of drug-likeness (QED) is 0.836. The maximum Gasteiger partial charge on any atom is 0.213 e. The minimum absolute atomic E-state index is 0.103. The van der Waals surface area contributed by atoms with Gasteiger partial charge in [-0.15, -0.1) is 0 Å². The van der Waals surface area contributed by atoms with Crippen LogP contribution in [0.4, 0.5) is 0 Å². The number of nitrogens with one attached hydrogen (secondary N) is 2. The second-order valence-corrected chi connectivity index (χ2v) is 6.86. The normalized spacial score (nSPS) is 21.4. The van der Waals surface area contributed by atoms with Crippen molar-refractivity contribution in [3.8, 4) is 0 Å². The largest absolute Gasteiger partial charge is 0.313 e. The Morgan fingerprint density at radius 3 is 2.68 bits per heavy atom. The van der Waals surface area contributed by atoms with Gasteiger partial charge in [-0.1, -0.05) is 37.3 Å². The van der Waals surface area contributed by atoms with Gasteiger partial charge in [-0.3, -0.25) is 0 Å². The first-order valence-corrected chi connectivity index (χ1v) is 8.54. The highest BCUT2D eigenvalue weighted by Gasteiger charge is 2.24. The van der Waals surface area contributed by atoms with E-state index in [4.69, 9.17) is 0 Å². The Morgan fingerprint density at radius 2 is 2.11 bits per heavy atom. The molecular formula is C14H22N2O2S. The van der Waals surface area contributed by atoms with E-state index in [2.05, 4.69) is 10.0 Å². The Labute approximate surface area is 115 Å². The van der Waals surface area contributed by atoms with Gasteiger partial charge in [0.15, 0.2) is 0 Å². The van der Waals surface area contributed by atoms with Crippen molar-refractivity contribution in [2.45, 2.75) is 38.3 Å². The van der Waals surface area contributed by atoms with E-state index in [0.29, 0.717) is 0 Å². The van der Waals surface area contributed by atoms with E-state index < -0.39 is 10.0 Å². The van der Waals surface area contributed by atoms with Gasteiger partial charge in [0.25, 0.3) is 0 Å². The van der Waals surface area contributed by atoms with Gasteiger partial charge >= 0.3 is 0 Å². The van der Waals surface area contributed by atoms with Crippen LogP contribution in [0, 0.1) is 0 Å². The minimum atomic E-state index is -3.24. The van der Waals surface area contributed by atoms with Crippen LogP contribution in [0.1, 0.15) is 37.8 Å². The fourth-order valence-electron chi connectivity index (χ4n) is 2.50. The van der Waals surface area contributed by atoms with E-state index in [1.807, 2.05) is 37.3 Å². The number of hydrogen-bond donors (Lipinski definition) is 2. The fraction of sp³-hybridized carbons (Fsp3) is 0.571. The first kappa shape index (κ1) is 14.5. The van der Waals surface area contributed by atoms with Crippen molar-refractivity contribution < 1.29 is 8.42 Å². The molecule has 0 bridgehead atoms. The summed E-state index contributed by atoms with van der Waals surface area (Å²) in [5, 5.41) is 3.22. The molecule has 1 aliphatic rings. The second kappa shape index (κ2) is 6.50. The summed E-state index contributed by atoms with van der Waals surface area (Å²) in [6.07, 6.45) is 2.76. The van der Waals surface area contributed by atoms with Gasteiger partial charge in [-0.25, -0.2) is 13.1 Å². The summed E-state index contributed by atoms with van der Waals surface area (Å²) in [5.41, 5.74) is 1.02. The van der Waals surface area contributed by atoms with Gasteiger partial charge in [-0.2, -0.15) is 0 Å². The maximum absolute atomic E-state index is 12.2. The molecule has 1 heterocycles. The Morgan fingerprint density at radius 1 is 1.37 bits per heavy atom. The third-order valence-corrected chi connectivity index (χ3v) is 5.00. The van der Waals surface area contributed by atoms with Crippen molar-refractivity contribution >= 4 is 10.0 Å². The molecule has 2 rings (SSSR count). The summed E-state index contributed by atoms with van der Waals surface area (Å²) < 4.78 is 27.2. The minimum Gasteiger partial charge on any atom is -0.313 e. The molecule has 1 fully saturated rings. The highest BCUT2D eigenvalue weighted by atomic mass is 32.2. The van der Waals surface area contributed by atoms with Crippen LogP contribution in [-0.4, -0.2) is 26.8 Å². The molecular weight excluding hydrogens is 260 g/mol. The third kappa shape index (κ3) is 4.30. The lowest BCUT2D eigenvalue weighted by Crippen LogP contribution is -2.38. The smallest absolute Gasteiger partial charge is 0.213 e. The molecule has 0 saturated carbocycles. The highest BCUT2D eigenvalue weighted by Crippen LogP contribution is 2.18. The summed E-state index contributed by atoms with van der Waals surface area (Å²) >= 11 is 0. The average Bonchev–Trinajstić information content (AvgIpc) is 2.89. The van der Waals surface area contributed by atoms with Crippen molar-refractivity contribution in [1.82, 2.24) is 10.0 Å². The van der Waals surface area contributed by atoms with Gasteiger partial charge in [-0.05, 0) is 31.4 Å². The van der Waals surface area contributed by atoms with Crippen LogP contribution in [0.2, 0.25) is 0 Å². The second-order valence-electron chi connectivity index (χ2n) is 5.06. The molecule has 1 saturated heterocycles. The first-order valence-electron chi connectivity index (χ1n) is 6.89. The van der Waals surface area contributed by atoms with Crippen LogP contribution in [0.15, 0.2) is 30.3 Å². The van der Waals surface area contributed by atoms with E-state index in [9.17, 15) is 8.42 Å². The Hall–Kier alpha value is -0.910. The van der Waals surface area contributed by atoms with Crippen molar-refractivity contribution in [2.24, 2.45) is 0 Å². The molecule has 1 aliphatic heterocycles. The molecule has 2 N–H and O–H groups in total. The van der Waals surface area contributed by atoms with E-state index in [0.717, 1.165) is 31.4 Å². The zero-order valence-corrected chi connectivity index (χ0v) is 12.1. The van der Waals surface area contributed by atoms with Crippen LogP contribution < -0.4 is 10.0 Å². The first-order chi connectivity index (χ1) is 9.11. The summed E-state index contributed by atoms with van der Waals surface area (Å²) in [6, 6.07) is 9.70. The molecule has 2 atom stereocenters. The molecule has 0 radical (unpaired) electrons. The third-order valence-electron chi connectivity index (χ3n) is 3.51. The zero-order chi connectivity index (χ0) is 13.7. The molecule has 0 spiro atoms. The number of hydrogen-bond acceptors (Lipinski definition) is 3. The molecule has 106 valence electrons. The van der Waals surface area contributed by atoms with Gasteiger partial charge in [0.1, 0.15) is 0 Å². The molecule has 1 aromatic carbocycles. The lowest BCUT2D eigenvalue weighted by molar-refractivity contribution is 0.537.